The average molecular weight is 351 g/mol. The molecule has 27 heavy (non-hydrogen) atoms. The summed E-state index contributed by atoms with van der Waals surface area (Å²) in [4.78, 5) is 0. The van der Waals surface area contributed by atoms with Crippen LogP contribution in [0.4, 0.5) is 0 Å². The molecule has 0 saturated heterocycles. The van der Waals surface area contributed by atoms with E-state index in [1.54, 1.807) is 0 Å². The van der Waals surface area contributed by atoms with E-state index in [9.17, 15) is 0 Å². The second-order valence-corrected chi connectivity index (χ2v) is 6.47. The number of rotatable bonds is 7. The Kier molecular flexibility index (Phi) is 6.43. The maximum Gasteiger partial charge on any atom is 0.00277 e. The molecule has 0 aromatic heterocycles. The summed E-state index contributed by atoms with van der Waals surface area (Å²) in [5, 5.41) is 2.96. The molecule has 3 aromatic carbocycles. The van der Waals surface area contributed by atoms with E-state index in [4.69, 9.17) is 0 Å². The van der Waals surface area contributed by atoms with Crippen molar-refractivity contribution >= 4 is 5.57 Å². The standard InChI is InChI=1S/C26H25N/c1-21(8-6-7-19-27-2)24-15-17-26(18-16-24)25-13-11-23(12-14-25)20-22-9-4-3-5-10-22/h3-19,27H,1,20H2,2H3/b8-6-,19-7-. The molecule has 0 aliphatic rings. The van der Waals surface area contributed by atoms with Crippen LogP contribution in [0, 0.1) is 0 Å². The van der Waals surface area contributed by atoms with Gasteiger partial charge in [-0.2, -0.15) is 0 Å². The zero-order valence-electron chi connectivity index (χ0n) is 15.7. The topological polar surface area (TPSA) is 12.0 Å². The van der Waals surface area contributed by atoms with Crippen molar-refractivity contribution in [2.45, 2.75) is 6.42 Å². The Morgan fingerprint density at radius 2 is 1.37 bits per heavy atom. The van der Waals surface area contributed by atoms with Crippen LogP contribution in [-0.4, -0.2) is 7.05 Å². The summed E-state index contributed by atoms with van der Waals surface area (Å²) in [7, 11) is 1.88. The molecule has 134 valence electrons. The lowest BCUT2D eigenvalue weighted by Crippen LogP contribution is -1.89. The summed E-state index contributed by atoms with van der Waals surface area (Å²) < 4.78 is 0. The van der Waals surface area contributed by atoms with Gasteiger partial charge in [-0.3, -0.25) is 0 Å². The van der Waals surface area contributed by atoms with E-state index in [1.165, 1.54) is 22.3 Å². The second-order valence-electron chi connectivity index (χ2n) is 6.47. The number of nitrogens with one attached hydrogen (secondary N) is 1. The van der Waals surface area contributed by atoms with Crippen molar-refractivity contribution in [2.24, 2.45) is 0 Å². The highest BCUT2D eigenvalue weighted by atomic mass is 14.8. The number of benzene rings is 3. The molecule has 0 fully saturated rings. The Labute approximate surface area is 162 Å². The van der Waals surface area contributed by atoms with E-state index in [2.05, 4.69) is 90.8 Å². The highest BCUT2D eigenvalue weighted by Crippen LogP contribution is 2.23. The van der Waals surface area contributed by atoms with Gasteiger partial charge in [0.1, 0.15) is 0 Å². The molecule has 3 aromatic rings. The lowest BCUT2D eigenvalue weighted by molar-refractivity contribution is 1.10. The minimum absolute atomic E-state index is 0.966. The normalized spacial score (nSPS) is 11.1. The number of hydrogen-bond acceptors (Lipinski definition) is 1. The first-order chi connectivity index (χ1) is 13.3. The summed E-state index contributed by atoms with van der Waals surface area (Å²) >= 11 is 0. The van der Waals surface area contributed by atoms with Gasteiger partial charge in [0.15, 0.2) is 0 Å². The molecular weight excluding hydrogens is 326 g/mol. The Morgan fingerprint density at radius 1 is 0.778 bits per heavy atom. The van der Waals surface area contributed by atoms with Crippen LogP contribution >= 0.6 is 0 Å². The third-order valence-corrected chi connectivity index (χ3v) is 4.47. The first-order valence-corrected chi connectivity index (χ1v) is 9.19. The van der Waals surface area contributed by atoms with Gasteiger partial charge in [0, 0.05) is 7.05 Å². The molecule has 0 saturated carbocycles. The highest BCUT2D eigenvalue weighted by Gasteiger charge is 2.01. The fourth-order valence-electron chi connectivity index (χ4n) is 2.94. The van der Waals surface area contributed by atoms with Gasteiger partial charge in [-0.25, -0.2) is 0 Å². The van der Waals surface area contributed by atoms with Crippen molar-refractivity contribution < 1.29 is 0 Å². The van der Waals surface area contributed by atoms with Crippen LogP contribution in [0.3, 0.4) is 0 Å². The van der Waals surface area contributed by atoms with Crippen LogP contribution in [0.5, 0.6) is 0 Å². The van der Waals surface area contributed by atoms with E-state index in [0.717, 1.165) is 17.6 Å². The summed E-state index contributed by atoms with van der Waals surface area (Å²) in [5.74, 6) is 0. The van der Waals surface area contributed by atoms with Gasteiger partial charge in [0.2, 0.25) is 0 Å². The molecule has 0 aliphatic carbocycles. The van der Waals surface area contributed by atoms with Gasteiger partial charge in [0.05, 0.1) is 0 Å². The average Bonchev–Trinajstić information content (AvgIpc) is 2.72. The largest absolute Gasteiger partial charge is 0.394 e. The monoisotopic (exact) mass is 351 g/mol. The van der Waals surface area contributed by atoms with Crippen molar-refractivity contribution in [3.63, 3.8) is 0 Å². The molecule has 0 aliphatic heterocycles. The van der Waals surface area contributed by atoms with E-state index in [-0.39, 0.29) is 0 Å². The van der Waals surface area contributed by atoms with E-state index in [0.29, 0.717) is 0 Å². The van der Waals surface area contributed by atoms with Crippen molar-refractivity contribution in [3.8, 4) is 11.1 Å². The zero-order chi connectivity index (χ0) is 18.9. The van der Waals surface area contributed by atoms with Crippen LogP contribution in [0.15, 0.2) is 110 Å². The highest BCUT2D eigenvalue weighted by molar-refractivity contribution is 5.74. The van der Waals surface area contributed by atoms with E-state index < -0.39 is 0 Å². The molecule has 0 atom stereocenters. The van der Waals surface area contributed by atoms with Crippen LogP contribution in [-0.2, 0) is 6.42 Å². The Hall–Kier alpha value is -3.32. The second kappa shape index (κ2) is 9.40. The fourth-order valence-corrected chi connectivity index (χ4v) is 2.94. The van der Waals surface area contributed by atoms with Crippen molar-refractivity contribution in [1.82, 2.24) is 5.32 Å². The van der Waals surface area contributed by atoms with Crippen LogP contribution in [0.25, 0.3) is 16.7 Å². The first kappa shape index (κ1) is 18.5. The minimum atomic E-state index is 0.966. The summed E-state index contributed by atoms with van der Waals surface area (Å²) in [6.45, 7) is 4.14. The lowest BCUT2D eigenvalue weighted by atomic mass is 9.98. The number of hydrogen-bond donors (Lipinski definition) is 1. The predicted octanol–water partition coefficient (Wildman–Crippen LogP) is 6.25. The van der Waals surface area contributed by atoms with Gasteiger partial charge in [0.25, 0.3) is 0 Å². The van der Waals surface area contributed by atoms with Gasteiger partial charge in [-0.05, 0) is 52.1 Å². The Balaban J connectivity index is 1.67. The van der Waals surface area contributed by atoms with Crippen molar-refractivity contribution in [2.75, 3.05) is 7.05 Å². The van der Waals surface area contributed by atoms with Crippen LogP contribution in [0.1, 0.15) is 16.7 Å². The molecule has 0 bridgehead atoms. The van der Waals surface area contributed by atoms with Crippen molar-refractivity contribution in [3.05, 3.63) is 127 Å². The molecule has 0 amide bonds. The quantitative estimate of drug-likeness (QED) is 0.496. The molecule has 1 N–H and O–H groups in total. The molecule has 1 heteroatoms. The summed E-state index contributed by atoms with van der Waals surface area (Å²) in [6.07, 6.45) is 8.80. The molecular formula is C26H25N. The van der Waals surface area contributed by atoms with E-state index >= 15 is 0 Å². The third kappa shape index (κ3) is 5.32. The van der Waals surface area contributed by atoms with Gasteiger partial charge < -0.3 is 5.32 Å². The molecule has 3 rings (SSSR count). The molecule has 0 heterocycles. The predicted molar refractivity (Wildman–Crippen MR) is 117 cm³/mol. The summed E-state index contributed by atoms with van der Waals surface area (Å²) in [6, 6.07) is 28.0. The zero-order valence-corrected chi connectivity index (χ0v) is 15.7. The van der Waals surface area contributed by atoms with Gasteiger partial charge >= 0.3 is 0 Å². The maximum atomic E-state index is 4.14. The van der Waals surface area contributed by atoms with E-state index in [1.807, 2.05) is 31.5 Å². The van der Waals surface area contributed by atoms with Crippen LogP contribution < -0.4 is 5.32 Å². The lowest BCUT2D eigenvalue weighted by Gasteiger charge is -2.07. The SMILES string of the molecule is C=C(/C=C\C=C/NC)c1ccc(-c2ccc(Cc3ccccc3)cc2)cc1. The van der Waals surface area contributed by atoms with Gasteiger partial charge in [-0.1, -0.05) is 97.6 Å². The first-order valence-electron chi connectivity index (χ1n) is 9.19. The smallest absolute Gasteiger partial charge is 0.00277 e. The summed E-state index contributed by atoms with van der Waals surface area (Å²) in [5.41, 5.74) is 7.25. The molecule has 0 radical (unpaired) electrons. The Morgan fingerprint density at radius 3 is 2.00 bits per heavy atom. The van der Waals surface area contributed by atoms with Gasteiger partial charge in [-0.15, -0.1) is 0 Å². The Bertz CT molecular complexity index is 914. The maximum absolute atomic E-state index is 4.14. The molecule has 0 unspecified atom stereocenters. The van der Waals surface area contributed by atoms with Crippen molar-refractivity contribution in [1.29, 1.82) is 0 Å². The van der Waals surface area contributed by atoms with Crippen LogP contribution in [0.2, 0.25) is 0 Å². The number of allylic oxidation sites excluding steroid dienone is 4. The minimum Gasteiger partial charge on any atom is -0.394 e. The fraction of sp³-hybridized carbons (Fsp3) is 0.0769. The molecule has 1 nitrogen and oxygen atoms in total. The molecule has 0 spiro atoms. The third-order valence-electron chi connectivity index (χ3n) is 4.47.